The van der Waals surface area contributed by atoms with Crippen LogP contribution < -0.4 is 15.3 Å². The first-order valence-corrected chi connectivity index (χ1v) is 8.92. The van der Waals surface area contributed by atoms with E-state index in [1.165, 1.54) is 42.5 Å². The van der Waals surface area contributed by atoms with Gasteiger partial charge in [-0.2, -0.15) is 31.1 Å². The number of hydrogen-bond donors (Lipinski definition) is 1. The number of halogens is 3. The molecule has 0 aliphatic heterocycles. The molecule has 1 aromatic heterocycles. The first-order chi connectivity index (χ1) is 12.4. The van der Waals surface area contributed by atoms with Crippen LogP contribution in [0.15, 0.2) is 41.8 Å². The van der Waals surface area contributed by atoms with Crippen molar-refractivity contribution in [1.29, 1.82) is 0 Å². The number of hydrazine groups is 1. The third-order valence-corrected chi connectivity index (χ3v) is 4.77. The third-order valence-electron chi connectivity index (χ3n) is 3.47. The van der Waals surface area contributed by atoms with Crippen molar-refractivity contribution in [2.45, 2.75) is 19.4 Å². The Labute approximate surface area is 154 Å². The Balaban J connectivity index is 2.51. The summed E-state index contributed by atoms with van der Waals surface area (Å²) in [6.45, 7) is 3.20. The van der Waals surface area contributed by atoms with Gasteiger partial charge < -0.3 is 0 Å². The number of aromatic nitrogens is 2. The number of sulfonamides is 1. The van der Waals surface area contributed by atoms with E-state index in [1.807, 2.05) is 0 Å². The number of nitrogens with zero attached hydrogens (tertiary/aromatic N) is 5. The second kappa shape index (κ2) is 7.48. The van der Waals surface area contributed by atoms with Gasteiger partial charge >= 0.3 is 15.5 Å². The molecule has 0 saturated heterocycles. The van der Waals surface area contributed by atoms with Crippen LogP contribution in [0.4, 0.5) is 24.8 Å². The fourth-order valence-electron chi connectivity index (χ4n) is 2.15. The fourth-order valence-corrected chi connectivity index (χ4v) is 2.80. The molecule has 0 amide bonds. The lowest BCUT2D eigenvalue weighted by Gasteiger charge is -2.23. The Morgan fingerprint density at radius 2 is 1.81 bits per heavy atom. The number of nitrogens with two attached hydrogens (primary N) is 1. The molecule has 2 rings (SSSR count). The first kappa shape index (κ1) is 20.6. The molecule has 0 bridgehead atoms. The van der Waals surface area contributed by atoms with E-state index < -0.39 is 15.5 Å². The van der Waals surface area contributed by atoms with Gasteiger partial charge in [0.05, 0.1) is 11.4 Å². The molecule has 0 spiro atoms. The van der Waals surface area contributed by atoms with Crippen molar-refractivity contribution < 1.29 is 21.6 Å². The second-order valence-corrected chi connectivity index (χ2v) is 7.33. The molecule has 0 atom stereocenters. The summed E-state index contributed by atoms with van der Waals surface area (Å²) in [5, 5.41) is 5.52. The molecule has 0 radical (unpaired) electrons. The SMILES string of the molecule is C/C(=N\N(C)c1ncccn1)c1cc(C)ccc1N(N)S(=O)(=O)C(F)(F)F. The van der Waals surface area contributed by atoms with Gasteiger partial charge in [-0.05, 0) is 32.0 Å². The Bertz CT molecular complexity index is 948. The van der Waals surface area contributed by atoms with Crippen LogP contribution in [-0.4, -0.2) is 36.7 Å². The third kappa shape index (κ3) is 4.34. The number of anilines is 2. The van der Waals surface area contributed by atoms with Crippen molar-refractivity contribution >= 4 is 27.4 Å². The van der Waals surface area contributed by atoms with Gasteiger partial charge in [0.1, 0.15) is 0 Å². The van der Waals surface area contributed by atoms with Crippen LogP contribution in [-0.2, 0) is 10.0 Å². The van der Waals surface area contributed by atoms with Crippen LogP contribution in [0.5, 0.6) is 0 Å². The molecular weight excluding hydrogens is 385 g/mol. The van der Waals surface area contributed by atoms with E-state index in [9.17, 15) is 21.6 Å². The average molecular weight is 402 g/mol. The number of hydrogen-bond acceptors (Lipinski definition) is 7. The van der Waals surface area contributed by atoms with Crippen molar-refractivity contribution in [3.8, 4) is 0 Å². The molecule has 1 aromatic carbocycles. The highest BCUT2D eigenvalue weighted by atomic mass is 32.2. The fraction of sp³-hybridized carbons (Fsp3) is 0.267. The van der Waals surface area contributed by atoms with Gasteiger partial charge in [0.25, 0.3) is 0 Å². The lowest BCUT2D eigenvalue weighted by molar-refractivity contribution is -0.0438. The van der Waals surface area contributed by atoms with Gasteiger partial charge in [0.2, 0.25) is 5.95 Å². The minimum absolute atomic E-state index is 0.119. The zero-order chi connectivity index (χ0) is 20.4. The van der Waals surface area contributed by atoms with E-state index in [0.717, 1.165) is 0 Å². The Hall–Kier alpha value is -2.73. The molecule has 2 N–H and O–H groups in total. The van der Waals surface area contributed by atoms with Crippen molar-refractivity contribution in [3.63, 3.8) is 0 Å². The molecule has 27 heavy (non-hydrogen) atoms. The predicted molar refractivity (Wildman–Crippen MR) is 95.5 cm³/mol. The number of hydrazone groups is 1. The largest absolute Gasteiger partial charge is 0.518 e. The number of aryl methyl sites for hydroxylation is 1. The second-order valence-electron chi connectivity index (χ2n) is 5.53. The van der Waals surface area contributed by atoms with Gasteiger partial charge in [-0.15, -0.1) is 0 Å². The summed E-state index contributed by atoms with van der Waals surface area (Å²) in [7, 11) is -4.22. The van der Waals surface area contributed by atoms with Crippen LogP contribution in [0, 0.1) is 6.92 Å². The van der Waals surface area contributed by atoms with Gasteiger partial charge in [-0.1, -0.05) is 11.6 Å². The van der Waals surface area contributed by atoms with Gasteiger partial charge in [0.15, 0.2) is 0 Å². The van der Waals surface area contributed by atoms with E-state index in [4.69, 9.17) is 5.84 Å². The lowest BCUT2D eigenvalue weighted by atomic mass is 10.1. The molecule has 0 saturated carbocycles. The summed E-state index contributed by atoms with van der Waals surface area (Å²) in [6, 6.07) is 5.73. The summed E-state index contributed by atoms with van der Waals surface area (Å²) >= 11 is 0. The highest BCUT2D eigenvalue weighted by molar-refractivity contribution is 7.93. The van der Waals surface area contributed by atoms with E-state index >= 15 is 0 Å². The predicted octanol–water partition coefficient (Wildman–Crippen LogP) is 2.18. The van der Waals surface area contributed by atoms with Crippen molar-refractivity contribution in [1.82, 2.24) is 9.97 Å². The van der Waals surface area contributed by atoms with Crippen molar-refractivity contribution in [3.05, 3.63) is 47.8 Å². The Morgan fingerprint density at radius 3 is 2.37 bits per heavy atom. The Kier molecular flexibility index (Phi) is 5.70. The topological polar surface area (TPSA) is 105 Å². The molecule has 0 unspecified atom stereocenters. The summed E-state index contributed by atoms with van der Waals surface area (Å²) in [4.78, 5) is 8.00. The summed E-state index contributed by atoms with van der Waals surface area (Å²) in [5.41, 5.74) is -4.88. The van der Waals surface area contributed by atoms with Gasteiger partial charge in [-0.25, -0.2) is 20.8 Å². The van der Waals surface area contributed by atoms with Gasteiger partial charge in [0, 0.05) is 25.0 Å². The van der Waals surface area contributed by atoms with E-state index in [-0.39, 0.29) is 27.3 Å². The molecule has 2 aromatic rings. The minimum atomic E-state index is -5.76. The van der Waals surface area contributed by atoms with Crippen LogP contribution in [0.1, 0.15) is 18.1 Å². The number of rotatable bonds is 5. The maximum absolute atomic E-state index is 12.8. The molecule has 0 fully saturated rings. The maximum Gasteiger partial charge on any atom is 0.518 e. The standard InChI is InChI=1S/C15H17F3N6O2S/c1-10-5-6-13(24(19)27(25,26)15(16,17)18)12(9-10)11(2)22-23(3)14-20-7-4-8-21-14/h4-9H,19H2,1-3H3/b22-11+. The van der Waals surface area contributed by atoms with E-state index in [2.05, 4.69) is 15.1 Å². The monoisotopic (exact) mass is 402 g/mol. The summed E-state index contributed by atoms with van der Waals surface area (Å²) < 4.78 is 61.6. The number of alkyl halides is 3. The molecule has 0 aliphatic carbocycles. The molecule has 146 valence electrons. The van der Waals surface area contributed by atoms with Crippen LogP contribution in [0.25, 0.3) is 0 Å². The number of benzene rings is 1. The van der Waals surface area contributed by atoms with Crippen LogP contribution >= 0.6 is 0 Å². The molecule has 12 heteroatoms. The van der Waals surface area contributed by atoms with Crippen molar-refractivity contribution in [2.24, 2.45) is 10.9 Å². The maximum atomic E-state index is 12.8. The molecule has 8 nitrogen and oxygen atoms in total. The Morgan fingerprint density at radius 1 is 1.22 bits per heavy atom. The van der Waals surface area contributed by atoms with Crippen LogP contribution in [0.2, 0.25) is 0 Å². The molecule has 0 aliphatic rings. The average Bonchev–Trinajstić information content (AvgIpc) is 2.60. The van der Waals surface area contributed by atoms with Gasteiger partial charge in [-0.3, -0.25) is 0 Å². The van der Waals surface area contributed by atoms with Crippen LogP contribution in [0.3, 0.4) is 0 Å². The van der Waals surface area contributed by atoms with Crippen molar-refractivity contribution in [2.75, 3.05) is 16.5 Å². The summed E-state index contributed by atoms with van der Waals surface area (Å²) in [5.74, 6) is 5.57. The zero-order valence-electron chi connectivity index (χ0n) is 14.6. The van der Waals surface area contributed by atoms with E-state index in [0.29, 0.717) is 5.56 Å². The van der Waals surface area contributed by atoms with E-state index in [1.54, 1.807) is 20.0 Å². The normalized spacial score (nSPS) is 12.8. The first-order valence-electron chi connectivity index (χ1n) is 7.48. The highest BCUT2D eigenvalue weighted by Gasteiger charge is 2.50. The minimum Gasteiger partial charge on any atom is -0.235 e. The molecular formula is C15H17F3N6O2S. The summed E-state index contributed by atoms with van der Waals surface area (Å²) in [6.07, 6.45) is 3.00. The molecule has 1 heterocycles. The zero-order valence-corrected chi connectivity index (χ0v) is 15.5. The lowest BCUT2D eigenvalue weighted by Crippen LogP contribution is -2.46. The smallest absolute Gasteiger partial charge is 0.235 e. The highest BCUT2D eigenvalue weighted by Crippen LogP contribution is 2.31. The quantitative estimate of drug-likeness (QED) is 0.467.